The molecule has 0 atom stereocenters. The highest BCUT2D eigenvalue weighted by Crippen LogP contribution is 2.35. The molecule has 34 heavy (non-hydrogen) atoms. The summed E-state index contributed by atoms with van der Waals surface area (Å²) in [5, 5.41) is 4.75. The molecule has 0 aliphatic heterocycles. The van der Waals surface area contributed by atoms with Crippen LogP contribution in [0.3, 0.4) is 0 Å². The molecule has 5 aromatic rings. The van der Waals surface area contributed by atoms with Gasteiger partial charge in [0.05, 0.1) is 12.6 Å². The van der Waals surface area contributed by atoms with E-state index in [9.17, 15) is 9.18 Å². The SMILES string of the molecule is COc1ccccc1C(=O)OCc1ccn2nc(-c3ccc(F)cc3)c(-c3ccncc3)c2c1. The van der Waals surface area contributed by atoms with Gasteiger partial charge in [0.25, 0.3) is 0 Å². The van der Waals surface area contributed by atoms with Gasteiger partial charge in [-0.15, -0.1) is 0 Å². The van der Waals surface area contributed by atoms with Crippen LogP contribution in [0.5, 0.6) is 5.75 Å². The van der Waals surface area contributed by atoms with Crippen molar-refractivity contribution < 1.29 is 18.7 Å². The van der Waals surface area contributed by atoms with E-state index in [0.717, 1.165) is 33.5 Å². The van der Waals surface area contributed by atoms with Gasteiger partial charge in [-0.3, -0.25) is 4.98 Å². The molecule has 0 bridgehead atoms. The maximum absolute atomic E-state index is 13.5. The number of nitrogens with zero attached hydrogens (tertiary/aromatic N) is 3. The van der Waals surface area contributed by atoms with E-state index >= 15 is 0 Å². The van der Waals surface area contributed by atoms with Gasteiger partial charge < -0.3 is 9.47 Å². The molecule has 0 radical (unpaired) electrons. The molecule has 3 aromatic heterocycles. The number of methoxy groups -OCH3 is 1. The fourth-order valence-corrected chi connectivity index (χ4v) is 3.83. The van der Waals surface area contributed by atoms with Crippen LogP contribution in [0.2, 0.25) is 0 Å². The van der Waals surface area contributed by atoms with E-state index in [2.05, 4.69) is 4.98 Å². The molecule has 0 saturated carbocycles. The summed E-state index contributed by atoms with van der Waals surface area (Å²) >= 11 is 0. The lowest BCUT2D eigenvalue weighted by Gasteiger charge is -2.09. The minimum atomic E-state index is -0.466. The molecule has 6 nitrogen and oxygen atoms in total. The molecule has 0 unspecified atom stereocenters. The summed E-state index contributed by atoms with van der Waals surface area (Å²) in [4.78, 5) is 16.7. The van der Waals surface area contributed by atoms with Crippen LogP contribution in [-0.2, 0) is 11.3 Å². The van der Waals surface area contributed by atoms with Crippen molar-refractivity contribution in [1.29, 1.82) is 0 Å². The number of pyridine rings is 2. The van der Waals surface area contributed by atoms with E-state index in [-0.39, 0.29) is 12.4 Å². The number of halogens is 1. The lowest BCUT2D eigenvalue weighted by molar-refractivity contribution is 0.0469. The van der Waals surface area contributed by atoms with Crippen LogP contribution in [-0.4, -0.2) is 27.7 Å². The van der Waals surface area contributed by atoms with Crippen LogP contribution in [0.1, 0.15) is 15.9 Å². The standard InChI is InChI=1S/C27H20FN3O3/c1-33-24-5-3-2-4-22(24)27(32)34-17-18-12-15-31-23(16-18)25(19-10-13-29-14-11-19)26(30-31)20-6-8-21(28)9-7-20/h2-16H,17H2,1H3. The minimum Gasteiger partial charge on any atom is -0.496 e. The zero-order chi connectivity index (χ0) is 23.5. The Morgan fingerprint density at radius 3 is 2.50 bits per heavy atom. The van der Waals surface area contributed by atoms with Crippen molar-refractivity contribution in [3.05, 3.63) is 108 Å². The van der Waals surface area contributed by atoms with Crippen LogP contribution >= 0.6 is 0 Å². The number of benzene rings is 2. The average molecular weight is 453 g/mol. The predicted octanol–water partition coefficient (Wildman–Crippen LogP) is 5.57. The Kier molecular flexibility index (Phi) is 5.74. The molecule has 168 valence electrons. The molecule has 0 N–H and O–H groups in total. The second-order valence-corrected chi connectivity index (χ2v) is 7.61. The maximum Gasteiger partial charge on any atom is 0.342 e. The highest BCUT2D eigenvalue weighted by molar-refractivity contribution is 5.93. The van der Waals surface area contributed by atoms with Crippen molar-refractivity contribution in [1.82, 2.24) is 14.6 Å². The van der Waals surface area contributed by atoms with Gasteiger partial charge in [0.1, 0.15) is 29.4 Å². The first-order valence-corrected chi connectivity index (χ1v) is 10.6. The molecular formula is C27H20FN3O3. The van der Waals surface area contributed by atoms with E-state index in [0.29, 0.717) is 11.3 Å². The third kappa shape index (κ3) is 4.11. The van der Waals surface area contributed by atoms with Crippen molar-refractivity contribution in [3.8, 4) is 28.1 Å². The molecule has 0 amide bonds. The number of esters is 1. The Morgan fingerprint density at radius 1 is 0.971 bits per heavy atom. The Bertz CT molecular complexity index is 1460. The Balaban J connectivity index is 1.52. The summed E-state index contributed by atoms with van der Waals surface area (Å²) in [6.07, 6.45) is 5.25. The predicted molar refractivity (Wildman–Crippen MR) is 126 cm³/mol. The molecule has 0 spiro atoms. The second kappa shape index (κ2) is 9.15. The monoisotopic (exact) mass is 453 g/mol. The highest BCUT2D eigenvalue weighted by atomic mass is 19.1. The third-order valence-electron chi connectivity index (χ3n) is 5.48. The Labute approximate surface area is 195 Å². The van der Waals surface area contributed by atoms with Gasteiger partial charge in [0.2, 0.25) is 0 Å². The van der Waals surface area contributed by atoms with Crippen molar-refractivity contribution in [2.24, 2.45) is 0 Å². The first kappa shape index (κ1) is 21.3. The van der Waals surface area contributed by atoms with Crippen molar-refractivity contribution in [2.45, 2.75) is 6.61 Å². The van der Waals surface area contributed by atoms with Crippen molar-refractivity contribution in [3.63, 3.8) is 0 Å². The number of para-hydroxylation sites is 1. The molecule has 5 rings (SSSR count). The number of hydrogen-bond acceptors (Lipinski definition) is 5. The quantitative estimate of drug-likeness (QED) is 0.315. The minimum absolute atomic E-state index is 0.0836. The van der Waals surface area contributed by atoms with Gasteiger partial charge in [-0.2, -0.15) is 5.10 Å². The molecule has 0 saturated heterocycles. The maximum atomic E-state index is 13.5. The largest absolute Gasteiger partial charge is 0.496 e. The second-order valence-electron chi connectivity index (χ2n) is 7.61. The van der Waals surface area contributed by atoms with Gasteiger partial charge in [-0.1, -0.05) is 12.1 Å². The molecule has 7 heteroatoms. The van der Waals surface area contributed by atoms with E-state index < -0.39 is 5.97 Å². The summed E-state index contributed by atoms with van der Waals surface area (Å²) in [7, 11) is 1.51. The first-order valence-electron chi connectivity index (χ1n) is 10.6. The molecular weight excluding hydrogens is 433 g/mol. The van der Waals surface area contributed by atoms with Crippen molar-refractivity contribution in [2.75, 3.05) is 7.11 Å². The number of aromatic nitrogens is 3. The summed E-state index contributed by atoms with van der Waals surface area (Å²) in [5.41, 5.74) is 5.31. The summed E-state index contributed by atoms with van der Waals surface area (Å²) in [6.45, 7) is 0.0836. The van der Waals surface area contributed by atoms with E-state index in [1.54, 1.807) is 53.3 Å². The lowest BCUT2D eigenvalue weighted by atomic mass is 10.00. The normalized spacial score (nSPS) is 10.9. The van der Waals surface area contributed by atoms with E-state index in [1.165, 1.54) is 19.2 Å². The molecule has 2 aromatic carbocycles. The smallest absolute Gasteiger partial charge is 0.342 e. The zero-order valence-electron chi connectivity index (χ0n) is 18.3. The summed E-state index contributed by atoms with van der Waals surface area (Å²) in [6, 6.07) is 20.8. The Hall–Kier alpha value is -4.52. The summed E-state index contributed by atoms with van der Waals surface area (Å²) < 4.78 is 26.1. The fraction of sp³-hybridized carbons (Fsp3) is 0.0741. The number of carbonyl (C=O) groups excluding carboxylic acids is 1. The number of ether oxygens (including phenoxy) is 2. The molecule has 0 fully saturated rings. The van der Waals surface area contributed by atoms with Crippen LogP contribution in [0.25, 0.3) is 27.9 Å². The number of rotatable bonds is 6. The number of hydrogen-bond donors (Lipinski definition) is 0. The lowest BCUT2D eigenvalue weighted by Crippen LogP contribution is -2.07. The van der Waals surface area contributed by atoms with Crippen LogP contribution in [0, 0.1) is 5.82 Å². The molecule has 0 aliphatic carbocycles. The topological polar surface area (TPSA) is 65.7 Å². The van der Waals surface area contributed by atoms with Gasteiger partial charge in [0.15, 0.2) is 0 Å². The molecule has 3 heterocycles. The Morgan fingerprint density at radius 2 is 1.74 bits per heavy atom. The van der Waals surface area contributed by atoms with Crippen LogP contribution < -0.4 is 4.74 Å². The first-order chi connectivity index (χ1) is 16.6. The third-order valence-corrected chi connectivity index (χ3v) is 5.48. The average Bonchev–Trinajstić information content (AvgIpc) is 3.27. The van der Waals surface area contributed by atoms with Crippen LogP contribution in [0.15, 0.2) is 91.4 Å². The molecule has 0 aliphatic rings. The van der Waals surface area contributed by atoms with Gasteiger partial charge >= 0.3 is 5.97 Å². The number of carbonyl (C=O) groups is 1. The zero-order valence-corrected chi connectivity index (χ0v) is 18.3. The van der Waals surface area contributed by atoms with E-state index in [4.69, 9.17) is 14.6 Å². The highest BCUT2D eigenvalue weighted by Gasteiger charge is 2.18. The number of fused-ring (bicyclic) bond motifs is 1. The van der Waals surface area contributed by atoms with Gasteiger partial charge in [-0.05, 0) is 71.8 Å². The van der Waals surface area contributed by atoms with Gasteiger partial charge in [-0.25, -0.2) is 13.7 Å². The van der Waals surface area contributed by atoms with Crippen molar-refractivity contribution >= 4 is 11.5 Å². The van der Waals surface area contributed by atoms with E-state index in [1.807, 2.05) is 30.5 Å². The van der Waals surface area contributed by atoms with Gasteiger partial charge in [0, 0.05) is 29.7 Å². The fourth-order valence-electron chi connectivity index (χ4n) is 3.83. The van der Waals surface area contributed by atoms with Crippen LogP contribution in [0.4, 0.5) is 4.39 Å². The summed E-state index contributed by atoms with van der Waals surface area (Å²) in [5.74, 6) is -0.313.